The van der Waals surface area contributed by atoms with Crippen LogP contribution in [0.15, 0.2) is 0 Å². The number of carbonyl (C=O) groups is 2. The van der Waals surface area contributed by atoms with Crippen LogP contribution in [0.3, 0.4) is 0 Å². The number of aliphatic carboxylic acids is 1. The zero-order valence-electron chi connectivity index (χ0n) is 12.9. The number of hydrogen-bond acceptors (Lipinski definition) is 2. The first-order chi connectivity index (χ1) is 10.2. The smallest absolute Gasteiger partial charge is 0.317 e. The molecule has 2 aliphatic rings. The third-order valence-corrected chi connectivity index (χ3v) is 4.85. The SMILES string of the molecule is O=C(O)CCCCCNC(=O)N1CCCC2CCCCC21. The Balaban J connectivity index is 1.66. The zero-order chi connectivity index (χ0) is 15.1. The Morgan fingerprint density at radius 1 is 1.05 bits per heavy atom. The van der Waals surface area contributed by atoms with Crippen LogP contribution in [-0.4, -0.2) is 41.1 Å². The minimum atomic E-state index is -0.740. The van der Waals surface area contributed by atoms with Crippen molar-refractivity contribution in [3.63, 3.8) is 0 Å². The number of likely N-dealkylation sites (tertiary alicyclic amines) is 1. The third kappa shape index (κ3) is 4.90. The summed E-state index contributed by atoms with van der Waals surface area (Å²) in [6, 6.07) is 0.546. The first-order valence-electron chi connectivity index (χ1n) is 8.45. The van der Waals surface area contributed by atoms with E-state index in [1.165, 1.54) is 25.7 Å². The lowest BCUT2D eigenvalue weighted by molar-refractivity contribution is -0.137. The maximum atomic E-state index is 12.3. The molecule has 2 N–H and O–H groups in total. The number of carbonyl (C=O) groups excluding carboxylic acids is 1. The molecule has 2 atom stereocenters. The molecular weight excluding hydrogens is 268 g/mol. The highest BCUT2D eigenvalue weighted by atomic mass is 16.4. The van der Waals surface area contributed by atoms with Crippen molar-refractivity contribution in [2.24, 2.45) is 5.92 Å². The second-order valence-electron chi connectivity index (χ2n) is 6.38. The highest BCUT2D eigenvalue weighted by molar-refractivity contribution is 5.74. The summed E-state index contributed by atoms with van der Waals surface area (Å²) in [5, 5.41) is 11.6. The van der Waals surface area contributed by atoms with Gasteiger partial charge < -0.3 is 15.3 Å². The topological polar surface area (TPSA) is 69.6 Å². The highest BCUT2D eigenvalue weighted by Crippen LogP contribution is 2.35. The van der Waals surface area contributed by atoms with Gasteiger partial charge in [-0.3, -0.25) is 4.79 Å². The second kappa shape index (κ2) is 8.25. The maximum absolute atomic E-state index is 12.3. The van der Waals surface area contributed by atoms with E-state index >= 15 is 0 Å². The van der Waals surface area contributed by atoms with Crippen LogP contribution in [0.2, 0.25) is 0 Å². The van der Waals surface area contributed by atoms with Gasteiger partial charge in [-0.15, -0.1) is 0 Å². The summed E-state index contributed by atoms with van der Waals surface area (Å²) in [4.78, 5) is 24.8. The van der Waals surface area contributed by atoms with E-state index in [9.17, 15) is 9.59 Å². The standard InChI is InChI=1S/C16H28N2O3/c19-15(20)10-2-1-5-11-17-16(21)18-12-6-8-13-7-3-4-9-14(13)18/h13-14H,1-12H2,(H,17,21)(H,19,20). The molecule has 2 unspecified atom stereocenters. The van der Waals surface area contributed by atoms with E-state index in [1.54, 1.807) is 0 Å². The van der Waals surface area contributed by atoms with Gasteiger partial charge in [-0.05, 0) is 44.4 Å². The van der Waals surface area contributed by atoms with Crippen molar-refractivity contribution in [3.8, 4) is 0 Å². The maximum Gasteiger partial charge on any atom is 0.317 e. The van der Waals surface area contributed by atoms with Crippen LogP contribution in [0.1, 0.15) is 64.2 Å². The quantitative estimate of drug-likeness (QED) is 0.740. The van der Waals surface area contributed by atoms with Crippen LogP contribution in [0.25, 0.3) is 0 Å². The molecule has 1 aliphatic heterocycles. The fourth-order valence-corrected chi connectivity index (χ4v) is 3.75. The molecule has 21 heavy (non-hydrogen) atoms. The number of fused-ring (bicyclic) bond motifs is 1. The second-order valence-corrected chi connectivity index (χ2v) is 6.38. The van der Waals surface area contributed by atoms with E-state index in [0.717, 1.165) is 32.2 Å². The van der Waals surface area contributed by atoms with Crippen molar-refractivity contribution in [2.45, 2.75) is 70.3 Å². The van der Waals surface area contributed by atoms with Crippen molar-refractivity contribution in [1.29, 1.82) is 0 Å². The minimum Gasteiger partial charge on any atom is -0.481 e. The Morgan fingerprint density at radius 3 is 2.62 bits per heavy atom. The number of rotatable bonds is 6. The van der Waals surface area contributed by atoms with E-state index in [1.807, 2.05) is 0 Å². The van der Waals surface area contributed by atoms with Gasteiger partial charge in [0.15, 0.2) is 0 Å². The van der Waals surface area contributed by atoms with Crippen LogP contribution >= 0.6 is 0 Å². The molecule has 0 aromatic rings. The first kappa shape index (κ1) is 16.1. The molecule has 2 fully saturated rings. The number of nitrogens with zero attached hydrogens (tertiary/aromatic N) is 1. The summed E-state index contributed by atoms with van der Waals surface area (Å²) >= 11 is 0. The molecule has 5 nitrogen and oxygen atoms in total. The first-order valence-corrected chi connectivity index (χ1v) is 8.45. The molecule has 2 rings (SSSR count). The summed E-state index contributed by atoms with van der Waals surface area (Å²) < 4.78 is 0. The fraction of sp³-hybridized carbons (Fsp3) is 0.875. The van der Waals surface area contributed by atoms with Crippen LogP contribution in [-0.2, 0) is 4.79 Å². The lowest BCUT2D eigenvalue weighted by Crippen LogP contribution is -2.53. The molecule has 1 saturated carbocycles. The van der Waals surface area contributed by atoms with Crippen molar-refractivity contribution in [1.82, 2.24) is 10.2 Å². The summed E-state index contributed by atoms with van der Waals surface area (Å²) in [6.07, 6.45) is 10.1. The molecule has 0 aromatic heterocycles. The molecule has 0 spiro atoms. The monoisotopic (exact) mass is 296 g/mol. The lowest BCUT2D eigenvalue weighted by Gasteiger charge is -2.44. The summed E-state index contributed by atoms with van der Waals surface area (Å²) in [5.74, 6) is -0.0236. The van der Waals surface area contributed by atoms with E-state index < -0.39 is 5.97 Å². The minimum absolute atomic E-state index is 0.0878. The van der Waals surface area contributed by atoms with Gasteiger partial charge in [-0.2, -0.15) is 0 Å². The number of amides is 2. The Morgan fingerprint density at radius 2 is 1.81 bits per heavy atom. The molecule has 0 radical (unpaired) electrons. The molecular formula is C16H28N2O3. The number of piperidine rings is 1. The number of carboxylic acids is 1. The lowest BCUT2D eigenvalue weighted by atomic mass is 9.78. The summed E-state index contributed by atoms with van der Waals surface area (Å²) in [7, 11) is 0. The highest BCUT2D eigenvalue weighted by Gasteiger charge is 2.35. The van der Waals surface area contributed by atoms with Gasteiger partial charge in [0, 0.05) is 25.6 Å². The number of hydrogen-bond donors (Lipinski definition) is 2. The Hall–Kier alpha value is -1.26. The average Bonchev–Trinajstić information content (AvgIpc) is 2.49. The molecule has 2 amide bonds. The fourth-order valence-electron chi connectivity index (χ4n) is 3.75. The predicted octanol–water partition coefficient (Wildman–Crippen LogP) is 3.00. The molecule has 120 valence electrons. The van der Waals surface area contributed by atoms with Gasteiger partial charge in [0.1, 0.15) is 0 Å². The van der Waals surface area contributed by atoms with Crippen LogP contribution in [0.5, 0.6) is 0 Å². The third-order valence-electron chi connectivity index (χ3n) is 4.85. The Kier molecular flexibility index (Phi) is 6.33. The van der Waals surface area contributed by atoms with Crippen molar-refractivity contribution in [2.75, 3.05) is 13.1 Å². The summed E-state index contributed by atoms with van der Waals surface area (Å²) in [5.41, 5.74) is 0. The molecule has 0 aromatic carbocycles. The van der Waals surface area contributed by atoms with Gasteiger partial charge in [0.25, 0.3) is 0 Å². The van der Waals surface area contributed by atoms with Crippen molar-refractivity contribution >= 4 is 12.0 Å². The Bertz CT molecular complexity index is 357. The van der Waals surface area contributed by atoms with E-state index in [4.69, 9.17) is 5.11 Å². The van der Waals surface area contributed by atoms with E-state index in [0.29, 0.717) is 24.9 Å². The van der Waals surface area contributed by atoms with Gasteiger partial charge in [0.2, 0.25) is 0 Å². The number of urea groups is 1. The van der Waals surface area contributed by atoms with Gasteiger partial charge in [-0.1, -0.05) is 19.3 Å². The van der Waals surface area contributed by atoms with Crippen molar-refractivity contribution < 1.29 is 14.7 Å². The normalized spacial score (nSPS) is 25.2. The molecule has 1 saturated heterocycles. The van der Waals surface area contributed by atoms with Crippen LogP contribution in [0, 0.1) is 5.92 Å². The summed E-state index contributed by atoms with van der Waals surface area (Å²) in [6.45, 7) is 1.55. The predicted molar refractivity (Wildman–Crippen MR) is 81.2 cm³/mol. The number of nitrogens with one attached hydrogen (secondary N) is 1. The van der Waals surface area contributed by atoms with Crippen molar-refractivity contribution in [3.05, 3.63) is 0 Å². The number of unbranched alkanes of at least 4 members (excludes halogenated alkanes) is 2. The molecule has 0 bridgehead atoms. The number of carboxylic acid groups (broad SMARTS) is 1. The van der Waals surface area contributed by atoms with E-state index in [2.05, 4.69) is 10.2 Å². The van der Waals surface area contributed by atoms with Crippen LogP contribution < -0.4 is 5.32 Å². The van der Waals surface area contributed by atoms with Crippen LogP contribution in [0.4, 0.5) is 4.79 Å². The van der Waals surface area contributed by atoms with Gasteiger partial charge in [-0.25, -0.2) is 4.79 Å². The average molecular weight is 296 g/mol. The van der Waals surface area contributed by atoms with Gasteiger partial charge >= 0.3 is 12.0 Å². The molecule has 1 aliphatic carbocycles. The van der Waals surface area contributed by atoms with E-state index in [-0.39, 0.29) is 12.5 Å². The van der Waals surface area contributed by atoms with Gasteiger partial charge in [0.05, 0.1) is 0 Å². The molecule has 1 heterocycles. The molecule has 5 heteroatoms. The zero-order valence-corrected chi connectivity index (χ0v) is 12.9. The Labute approximate surface area is 127 Å². The largest absolute Gasteiger partial charge is 0.481 e.